The molecule has 0 saturated carbocycles. The van der Waals surface area contributed by atoms with Crippen molar-refractivity contribution in [3.05, 3.63) is 33.9 Å². The monoisotopic (exact) mass is 312 g/mol. The zero-order chi connectivity index (χ0) is 15.8. The summed E-state index contributed by atoms with van der Waals surface area (Å²) < 4.78 is 27.1. The molecule has 2 atom stereocenters. The molecule has 0 aliphatic carbocycles. The highest BCUT2D eigenvalue weighted by atomic mass is 32.2. The number of nitrogens with zero attached hydrogens (tertiary/aromatic N) is 2. The van der Waals surface area contributed by atoms with Crippen LogP contribution in [0.1, 0.15) is 38.7 Å². The Balaban J connectivity index is 2.48. The van der Waals surface area contributed by atoms with Gasteiger partial charge in [-0.05, 0) is 39.7 Å². The summed E-state index contributed by atoms with van der Waals surface area (Å²) in [5.41, 5.74) is 0.298. The van der Waals surface area contributed by atoms with E-state index in [9.17, 15) is 18.5 Å². The Bertz CT molecular complexity index is 647. The van der Waals surface area contributed by atoms with Crippen molar-refractivity contribution in [1.29, 1.82) is 0 Å². The van der Waals surface area contributed by atoms with Crippen LogP contribution in [-0.2, 0) is 10.0 Å². The van der Waals surface area contributed by atoms with Gasteiger partial charge in [0.2, 0.25) is 10.0 Å². The maximum atomic E-state index is 12.8. The van der Waals surface area contributed by atoms with Crippen LogP contribution >= 0.6 is 0 Å². The molecule has 21 heavy (non-hydrogen) atoms. The first-order valence-corrected chi connectivity index (χ1v) is 8.47. The summed E-state index contributed by atoms with van der Waals surface area (Å²) in [4.78, 5) is 10.5. The number of sulfonamides is 1. The summed E-state index contributed by atoms with van der Waals surface area (Å²) in [6.07, 6.45) is 2.64. The third-order valence-electron chi connectivity index (χ3n) is 4.07. The van der Waals surface area contributed by atoms with E-state index >= 15 is 0 Å². The van der Waals surface area contributed by atoms with Gasteiger partial charge in [0.1, 0.15) is 0 Å². The van der Waals surface area contributed by atoms with Crippen LogP contribution in [0.25, 0.3) is 0 Å². The minimum absolute atomic E-state index is 0.000370. The van der Waals surface area contributed by atoms with Gasteiger partial charge in [-0.25, -0.2) is 8.42 Å². The molecule has 1 aliphatic heterocycles. The van der Waals surface area contributed by atoms with E-state index in [2.05, 4.69) is 0 Å². The summed E-state index contributed by atoms with van der Waals surface area (Å²) in [6.45, 7) is 5.37. The maximum absolute atomic E-state index is 12.8. The Morgan fingerprint density at radius 3 is 2.33 bits per heavy atom. The second kappa shape index (κ2) is 5.73. The smallest absolute Gasteiger partial charge is 0.258 e. The van der Waals surface area contributed by atoms with E-state index in [0.29, 0.717) is 5.56 Å². The van der Waals surface area contributed by atoms with Crippen molar-refractivity contribution >= 4 is 15.7 Å². The third kappa shape index (κ3) is 2.94. The van der Waals surface area contributed by atoms with Crippen molar-refractivity contribution in [2.24, 2.45) is 0 Å². The summed E-state index contributed by atoms with van der Waals surface area (Å²) in [7, 11) is -3.70. The van der Waals surface area contributed by atoms with Crippen molar-refractivity contribution < 1.29 is 13.3 Å². The van der Waals surface area contributed by atoms with Gasteiger partial charge in [-0.1, -0.05) is 12.5 Å². The zero-order valence-electron chi connectivity index (χ0n) is 12.4. The van der Waals surface area contributed by atoms with Gasteiger partial charge >= 0.3 is 0 Å². The molecule has 0 aromatic heterocycles. The molecule has 0 radical (unpaired) electrons. The van der Waals surface area contributed by atoms with Gasteiger partial charge in [0.15, 0.2) is 0 Å². The summed E-state index contributed by atoms with van der Waals surface area (Å²) in [5.74, 6) is 0. The Morgan fingerprint density at radius 1 is 1.24 bits per heavy atom. The van der Waals surface area contributed by atoms with Gasteiger partial charge < -0.3 is 0 Å². The quantitative estimate of drug-likeness (QED) is 0.635. The Hall–Kier alpha value is -1.47. The van der Waals surface area contributed by atoms with Crippen LogP contribution in [0.4, 0.5) is 5.69 Å². The van der Waals surface area contributed by atoms with Crippen molar-refractivity contribution in [3.63, 3.8) is 0 Å². The first-order valence-electron chi connectivity index (χ1n) is 7.03. The number of piperidine rings is 1. The van der Waals surface area contributed by atoms with Crippen LogP contribution in [-0.4, -0.2) is 29.7 Å². The first-order chi connectivity index (χ1) is 9.75. The molecule has 1 aromatic rings. The van der Waals surface area contributed by atoms with Gasteiger partial charge in [0.05, 0.1) is 9.82 Å². The molecule has 2 rings (SSSR count). The molecule has 1 saturated heterocycles. The lowest BCUT2D eigenvalue weighted by Crippen LogP contribution is -2.47. The highest BCUT2D eigenvalue weighted by molar-refractivity contribution is 7.89. The normalized spacial score (nSPS) is 24.0. The van der Waals surface area contributed by atoms with E-state index in [1.807, 2.05) is 13.8 Å². The minimum Gasteiger partial charge on any atom is -0.258 e. The minimum atomic E-state index is -3.70. The molecule has 7 heteroatoms. The van der Waals surface area contributed by atoms with Crippen molar-refractivity contribution in [2.45, 2.75) is 57.0 Å². The molecule has 6 nitrogen and oxygen atoms in total. The van der Waals surface area contributed by atoms with Crippen LogP contribution in [0.2, 0.25) is 0 Å². The number of aryl methyl sites for hydroxylation is 1. The largest absolute Gasteiger partial charge is 0.273 e. The van der Waals surface area contributed by atoms with Gasteiger partial charge in [0, 0.05) is 23.7 Å². The van der Waals surface area contributed by atoms with Crippen LogP contribution < -0.4 is 0 Å². The highest BCUT2D eigenvalue weighted by Crippen LogP contribution is 2.31. The predicted octanol–water partition coefficient (Wildman–Crippen LogP) is 2.85. The number of nitro groups is 1. The summed E-state index contributed by atoms with van der Waals surface area (Å²) in [6, 6.07) is 3.94. The number of rotatable bonds is 3. The van der Waals surface area contributed by atoms with Crippen molar-refractivity contribution in [1.82, 2.24) is 4.31 Å². The van der Waals surface area contributed by atoms with E-state index in [4.69, 9.17) is 0 Å². The number of hydrogen-bond acceptors (Lipinski definition) is 4. The number of benzene rings is 1. The van der Waals surface area contributed by atoms with Crippen molar-refractivity contribution in [2.75, 3.05) is 0 Å². The Morgan fingerprint density at radius 2 is 1.81 bits per heavy atom. The molecule has 1 fully saturated rings. The molecule has 0 N–H and O–H groups in total. The molecule has 0 bridgehead atoms. The average molecular weight is 312 g/mol. The molecule has 1 heterocycles. The highest BCUT2D eigenvalue weighted by Gasteiger charge is 2.36. The van der Waals surface area contributed by atoms with Crippen LogP contribution in [0.5, 0.6) is 0 Å². The van der Waals surface area contributed by atoms with Crippen LogP contribution in [0.15, 0.2) is 23.1 Å². The van der Waals surface area contributed by atoms with Gasteiger partial charge in [-0.3, -0.25) is 10.1 Å². The average Bonchev–Trinajstić information content (AvgIpc) is 2.38. The standard InChI is InChI=1S/C14H20N2O4S/c1-10-7-8-13(9-14(10)16(17)18)21(19,20)15-11(2)5-4-6-12(15)3/h7-9,11-12H,4-6H2,1-3H3. The SMILES string of the molecule is Cc1ccc(S(=O)(=O)N2C(C)CCCC2C)cc1[N+](=O)[O-]. The van der Waals surface area contributed by atoms with E-state index in [1.54, 1.807) is 6.92 Å². The van der Waals surface area contributed by atoms with Gasteiger partial charge in [-0.15, -0.1) is 0 Å². The van der Waals surface area contributed by atoms with E-state index in [0.717, 1.165) is 19.3 Å². The zero-order valence-corrected chi connectivity index (χ0v) is 13.3. The van der Waals surface area contributed by atoms with E-state index < -0.39 is 14.9 Å². The fourth-order valence-corrected chi connectivity index (χ4v) is 4.84. The second-order valence-corrected chi connectivity index (χ2v) is 7.51. The molecule has 2 unspecified atom stereocenters. The van der Waals surface area contributed by atoms with Crippen molar-refractivity contribution in [3.8, 4) is 0 Å². The van der Waals surface area contributed by atoms with Gasteiger partial charge in [0.25, 0.3) is 5.69 Å². The fraction of sp³-hybridized carbons (Fsp3) is 0.571. The molecule has 0 amide bonds. The topological polar surface area (TPSA) is 80.5 Å². The lowest BCUT2D eigenvalue weighted by Gasteiger charge is -2.37. The maximum Gasteiger partial charge on any atom is 0.273 e. The van der Waals surface area contributed by atoms with Crippen LogP contribution in [0, 0.1) is 17.0 Å². The second-order valence-electron chi connectivity index (χ2n) is 5.67. The predicted molar refractivity (Wildman–Crippen MR) is 79.6 cm³/mol. The molecular weight excluding hydrogens is 292 g/mol. The summed E-state index contributed by atoms with van der Waals surface area (Å²) in [5, 5.41) is 11.0. The molecular formula is C14H20N2O4S. The number of nitro benzene ring substituents is 1. The molecule has 1 aromatic carbocycles. The lowest BCUT2D eigenvalue weighted by atomic mass is 10.0. The van der Waals surface area contributed by atoms with E-state index in [-0.39, 0.29) is 22.7 Å². The molecule has 0 spiro atoms. The first kappa shape index (κ1) is 15.9. The number of hydrogen-bond donors (Lipinski definition) is 0. The Kier molecular flexibility index (Phi) is 4.34. The Labute approximate surface area is 125 Å². The third-order valence-corrected chi connectivity index (χ3v) is 6.19. The summed E-state index contributed by atoms with van der Waals surface area (Å²) >= 11 is 0. The van der Waals surface area contributed by atoms with Gasteiger partial charge in [-0.2, -0.15) is 4.31 Å². The lowest BCUT2D eigenvalue weighted by molar-refractivity contribution is -0.385. The van der Waals surface area contributed by atoms with Crippen LogP contribution in [0.3, 0.4) is 0 Å². The molecule has 1 aliphatic rings. The molecule has 116 valence electrons. The van der Waals surface area contributed by atoms with E-state index in [1.165, 1.54) is 22.5 Å². The fourth-order valence-electron chi connectivity index (χ4n) is 2.94.